The molecule has 1 fully saturated rings. The monoisotopic (exact) mass is 371 g/mol. The van der Waals surface area contributed by atoms with Crippen molar-refractivity contribution in [3.8, 4) is 0 Å². The number of halogens is 1. The van der Waals surface area contributed by atoms with Gasteiger partial charge in [0.1, 0.15) is 5.82 Å². The second-order valence-electron chi connectivity index (χ2n) is 6.97. The van der Waals surface area contributed by atoms with Crippen molar-refractivity contribution >= 4 is 11.7 Å². The SMILES string of the molecule is CN(C)c1ccc(CNC(=O)N[C@H](c2ccc(F)cc2)[C@H]2CCCO2)cc1. The average Bonchev–Trinajstić information content (AvgIpc) is 3.20. The highest BCUT2D eigenvalue weighted by molar-refractivity contribution is 5.74. The Morgan fingerprint density at radius 2 is 1.89 bits per heavy atom. The Kier molecular flexibility index (Phi) is 6.29. The Balaban J connectivity index is 1.61. The first-order valence-corrected chi connectivity index (χ1v) is 9.20. The molecule has 5 nitrogen and oxygen atoms in total. The third-order valence-corrected chi connectivity index (χ3v) is 4.76. The first-order valence-electron chi connectivity index (χ1n) is 9.20. The molecule has 2 N–H and O–H groups in total. The van der Waals surface area contributed by atoms with E-state index >= 15 is 0 Å². The number of anilines is 1. The molecule has 6 heteroatoms. The summed E-state index contributed by atoms with van der Waals surface area (Å²) in [7, 11) is 3.97. The van der Waals surface area contributed by atoms with Gasteiger partial charge in [0.2, 0.25) is 0 Å². The normalized spacial score (nSPS) is 17.4. The molecule has 144 valence electrons. The molecule has 2 atom stereocenters. The number of hydrogen-bond acceptors (Lipinski definition) is 3. The Labute approximate surface area is 159 Å². The number of nitrogens with one attached hydrogen (secondary N) is 2. The van der Waals surface area contributed by atoms with E-state index in [9.17, 15) is 9.18 Å². The largest absolute Gasteiger partial charge is 0.378 e. The third-order valence-electron chi connectivity index (χ3n) is 4.76. The molecule has 0 aliphatic carbocycles. The van der Waals surface area contributed by atoms with Gasteiger partial charge < -0.3 is 20.3 Å². The maximum absolute atomic E-state index is 13.2. The maximum Gasteiger partial charge on any atom is 0.315 e. The van der Waals surface area contributed by atoms with Gasteiger partial charge in [-0.2, -0.15) is 0 Å². The van der Waals surface area contributed by atoms with E-state index in [-0.39, 0.29) is 24.0 Å². The van der Waals surface area contributed by atoms with Crippen LogP contribution in [-0.4, -0.2) is 32.8 Å². The van der Waals surface area contributed by atoms with Gasteiger partial charge in [-0.3, -0.25) is 0 Å². The van der Waals surface area contributed by atoms with Crippen molar-refractivity contribution in [2.45, 2.75) is 31.5 Å². The Morgan fingerprint density at radius 1 is 1.19 bits per heavy atom. The number of hydrogen-bond donors (Lipinski definition) is 2. The molecular weight excluding hydrogens is 345 g/mol. The number of carbonyl (C=O) groups excluding carboxylic acids is 1. The van der Waals surface area contributed by atoms with E-state index in [1.54, 1.807) is 12.1 Å². The van der Waals surface area contributed by atoms with Crippen molar-refractivity contribution in [1.29, 1.82) is 0 Å². The number of benzene rings is 2. The van der Waals surface area contributed by atoms with Crippen LogP contribution in [0.3, 0.4) is 0 Å². The van der Waals surface area contributed by atoms with Gasteiger partial charge in [-0.05, 0) is 48.2 Å². The summed E-state index contributed by atoms with van der Waals surface area (Å²) < 4.78 is 19.0. The lowest BCUT2D eigenvalue weighted by Gasteiger charge is -2.25. The van der Waals surface area contributed by atoms with Crippen molar-refractivity contribution in [3.05, 3.63) is 65.5 Å². The molecule has 0 aromatic heterocycles. The summed E-state index contributed by atoms with van der Waals surface area (Å²) in [4.78, 5) is 14.5. The summed E-state index contributed by atoms with van der Waals surface area (Å²) in [5.74, 6) is -0.296. The molecular formula is C21H26FN3O2. The van der Waals surface area contributed by atoms with Crippen molar-refractivity contribution < 1.29 is 13.9 Å². The molecule has 0 unspecified atom stereocenters. The Bertz CT molecular complexity index is 741. The van der Waals surface area contributed by atoms with E-state index in [0.717, 1.165) is 29.7 Å². The van der Waals surface area contributed by atoms with Crippen LogP contribution in [0, 0.1) is 5.82 Å². The smallest absolute Gasteiger partial charge is 0.315 e. The van der Waals surface area contributed by atoms with E-state index in [1.165, 1.54) is 12.1 Å². The van der Waals surface area contributed by atoms with Gasteiger partial charge >= 0.3 is 6.03 Å². The molecule has 1 saturated heterocycles. The Hall–Kier alpha value is -2.60. The summed E-state index contributed by atoms with van der Waals surface area (Å²) in [6.45, 7) is 1.12. The van der Waals surface area contributed by atoms with Crippen LogP contribution in [-0.2, 0) is 11.3 Å². The number of rotatable bonds is 6. The average molecular weight is 371 g/mol. The zero-order valence-electron chi connectivity index (χ0n) is 15.7. The molecule has 2 amide bonds. The number of urea groups is 1. The van der Waals surface area contributed by atoms with Crippen LogP contribution in [0.2, 0.25) is 0 Å². The minimum atomic E-state index is -0.302. The quantitative estimate of drug-likeness (QED) is 0.816. The zero-order chi connectivity index (χ0) is 19.2. The van der Waals surface area contributed by atoms with Crippen LogP contribution < -0.4 is 15.5 Å². The van der Waals surface area contributed by atoms with E-state index in [1.807, 2.05) is 43.3 Å². The molecule has 1 aliphatic rings. The first-order chi connectivity index (χ1) is 13.0. The fourth-order valence-electron chi connectivity index (χ4n) is 3.21. The van der Waals surface area contributed by atoms with Gasteiger partial charge in [0.15, 0.2) is 0 Å². The molecule has 2 aromatic rings. The van der Waals surface area contributed by atoms with E-state index in [2.05, 4.69) is 10.6 Å². The molecule has 0 bridgehead atoms. The summed E-state index contributed by atoms with van der Waals surface area (Å²) in [5, 5.41) is 5.88. The van der Waals surface area contributed by atoms with Gasteiger partial charge in [-0.25, -0.2) is 9.18 Å². The number of nitrogens with zero attached hydrogens (tertiary/aromatic N) is 1. The molecule has 0 spiro atoms. The standard InChI is InChI=1S/C21H26FN3O2/c1-25(2)18-11-5-15(6-12-18)14-23-21(26)24-20(19-4-3-13-27-19)16-7-9-17(22)10-8-16/h5-12,19-20H,3-4,13-14H2,1-2H3,(H2,23,24,26)/t19-,20-/m1/s1. The van der Waals surface area contributed by atoms with E-state index in [4.69, 9.17) is 4.74 Å². The molecule has 0 radical (unpaired) electrons. The highest BCUT2D eigenvalue weighted by atomic mass is 19.1. The van der Waals surface area contributed by atoms with E-state index in [0.29, 0.717) is 13.2 Å². The maximum atomic E-state index is 13.2. The molecule has 3 rings (SSSR count). The van der Waals surface area contributed by atoms with Gasteiger partial charge in [0, 0.05) is 32.9 Å². The summed E-state index contributed by atoms with van der Waals surface area (Å²) in [6.07, 6.45) is 1.73. The zero-order valence-corrected chi connectivity index (χ0v) is 15.7. The lowest BCUT2D eigenvalue weighted by molar-refractivity contribution is 0.0807. The third kappa shape index (κ3) is 5.20. The fraction of sp³-hybridized carbons (Fsp3) is 0.381. The van der Waals surface area contributed by atoms with Crippen LogP contribution in [0.4, 0.5) is 14.9 Å². The number of ether oxygens (including phenoxy) is 1. The van der Waals surface area contributed by atoms with Crippen LogP contribution in [0.5, 0.6) is 0 Å². The molecule has 2 aromatic carbocycles. The van der Waals surface area contributed by atoms with Crippen molar-refractivity contribution in [2.75, 3.05) is 25.6 Å². The van der Waals surface area contributed by atoms with Gasteiger partial charge in [0.05, 0.1) is 12.1 Å². The highest BCUT2D eigenvalue weighted by Crippen LogP contribution is 2.27. The lowest BCUT2D eigenvalue weighted by atomic mass is 9.99. The molecule has 0 saturated carbocycles. The minimum absolute atomic E-state index is 0.0967. The lowest BCUT2D eigenvalue weighted by Crippen LogP contribution is -2.42. The summed E-state index contributed by atoms with van der Waals surface area (Å²) >= 11 is 0. The van der Waals surface area contributed by atoms with Crippen LogP contribution >= 0.6 is 0 Å². The highest BCUT2D eigenvalue weighted by Gasteiger charge is 2.28. The van der Waals surface area contributed by atoms with E-state index < -0.39 is 0 Å². The topological polar surface area (TPSA) is 53.6 Å². The second-order valence-corrected chi connectivity index (χ2v) is 6.97. The predicted molar refractivity (Wildman–Crippen MR) is 104 cm³/mol. The van der Waals surface area contributed by atoms with Gasteiger partial charge in [-0.15, -0.1) is 0 Å². The van der Waals surface area contributed by atoms with Gasteiger partial charge in [0.25, 0.3) is 0 Å². The summed E-state index contributed by atoms with van der Waals surface area (Å²) in [6, 6.07) is 13.7. The summed E-state index contributed by atoms with van der Waals surface area (Å²) in [5.41, 5.74) is 2.97. The fourth-order valence-corrected chi connectivity index (χ4v) is 3.21. The van der Waals surface area contributed by atoms with Crippen LogP contribution in [0.25, 0.3) is 0 Å². The first kappa shape index (κ1) is 19.2. The van der Waals surface area contributed by atoms with Crippen LogP contribution in [0.15, 0.2) is 48.5 Å². The number of amides is 2. The predicted octanol–water partition coefficient (Wildman–Crippen LogP) is 3.61. The number of carbonyl (C=O) groups is 1. The van der Waals surface area contributed by atoms with Crippen molar-refractivity contribution in [1.82, 2.24) is 10.6 Å². The molecule has 27 heavy (non-hydrogen) atoms. The van der Waals surface area contributed by atoms with Gasteiger partial charge in [-0.1, -0.05) is 24.3 Å². The Morgan fingerprint density at radius 3 is 2.48 bits per heavy atom. The molecule has 1 heterocycles. The van der Waals surface area contributed by atoms with Crippen molar-refractivity contribution in [2.24, 2.45) is 0 Å². The van der Waals surface area contributed by atoms with Crippen LogP contribution in [0.1, 0.15) is 30.0 Å². The minimum Gasteiger partial charge on any atom is -0.378 e. The van der Waals surface area contributed by atoms with Crippen molar-refractivity contribution in [3.63, 3.8) is 0 Å². The second kappa shape index (κ2) is 8.86. The molecule has 1 aliphatic heterocycles.